The minimum absolute atomic E-state index is 0.598. The first kappa shape index (κ1) is 16.2. The molecule has 2 heteroatoms. The second kappa shape index (κ2) is 9.96. The molecule has 108 valence electrons. The first-order valence-electron chi connectivity index (χ1n) is 7.94. The van der Waals surface area contributed by atoms with Crippen LogP contribution in [0.4, 0.5) is 0 Å². The molecule has 0 spiro atoms. The highest BCUT2D eigenvalue weighted by Gasteiger charge is 2.19. The Morgan fingerprint density at radius 2 is 2.05 bits per heavy atom. The van der Waals surface area contributed by atoms with Gasteiger partial charge in [0.05, 0.1) is 0 Å². The summed E-state index contributed by atoms with van der Waals surface area (Å²) in [6.07, 6.45) is 11.4. The van der Waals surface area contributed by atoms with E-state index in [1.165, 1.54) is 37.7 Å². The van der Waals surface area contributed by atoms with Gasteiger partial charge in [-0.1, -0.05) is 46.1 Å². The average Bonchev–Trinajstić information content (AvgIpc) is 2.46. The minimum Gasteiger partial charge on any atom is -0.313 e. The van der Waals surface area contributed by atoms with Crippen molar-refractivity contribution in [3.63, 3.8) is 0 Å². The van der Waals surface area contributed by atoms with Crippen molar-refractivity contribution in [1.29, 1.82) is 0 Å². The van der Waals surface area contributed by atoms with E-state index in [1.807, 2.05) is 18.5 Å². The van der Waals surface area contributed by atoms with E-state index >= 15 is 0 Å². The fourth-order valence-electron chi connectivity index (χ4n) is 2.66. The monoisotopic (exact) mass is 262 g/mol. The van der Waals surface area contributed by atoms with Crippen LogP contribution in [0, 0.1) is 5.92 Å². The van der Waals surface area contributed by atoms with Crippen LogP contribution in [-0.2, 0) is 6.42 Å². The molecule has 2 nitrogen and oxygen atoms in total. The van der Waals surface area contributed by atoms with Gasteiger partial charge < -0.3 is 5.32 Å². The van der Waals surface area contributed by atoms with Gasteiger partial charge in [-0.25, -0.2) is 0 Å². The molecule has 2 atom stereocenters. The third kappa shape index (κ3) is 6.20. The number of rotatable bonds is 10. The van der Waals surface area contributed by atoms with Crippen LogP contribution in [0.2, 0.25) is 0 Å². The Bertz CT molecular complexity index is 310. The summed E-state index contributed by atoms with van der Waals surface area (Å²) >= 11 is 0. The van der Waals surface area contributed by atoms with Crippen LogP contribution in [0.1, 0.15) is 58.4 Å². The van der Waals surface area contributed by atoms with Gasteiger partial charge in [-0.05, 0) is 43.4 Å². The number of hydrogen-bond donors (Lipinski definition) is 1. The molecule has 1 rings (SSSR count). The van der Waals surface area contributed by atoms with Crippen LogP contribution in [0.3, 0.4) is 0 Å². The summed E-state index contributed by atoms with van der Waals surface area (Å²) < 4.78 is 0. The molecule has 19 heavy (non-hydrogen) atoms. The quantitative estimate of drug-likeness (QED) is 0.683. The number of pyridine rings is 1. The third-order valence-corrected chi connectivity index (χ3v) is 3.86. The van der Waals surface area contributed by atoms with E-state index in [9.17, 15) is 0 Å². The Balaban J connectivity index is 2.63. The first-order valence-corrected chi connectivity index (χ1v) is 7.94. The number of unbranched alkanes of at least 4 members (excludes halogenated alkanes) is 1. The van der Waals surface area contributed by atoms with Crippen LogP contribution >= 0.6 is 0 Å². The molecule has 2 unspecified atom stereocenters. The van der Waals surface area contributed by atoms with Crippen LogP contribution in [-0.4, -0.2) is 17.6 Å². The van der Waals surface area contributed by atoms with Gasteiger partial charge in [-0.2, -0.15) is 0 Å². The average molecular weight is 262 g/mol. The summed E-state index contributed by atoms with van der Waals surface area (Å²) in [5.74, 6) is 0.784. The zero-order valence-corrected chi connectivity index (χ0v) is 12.9. The molecule has 0 saturated carbocycles. The predicted molar refractivity (Wildman–Crippen MR) is 83.3 cm³/mol. The van der Waals surface area contributed by atoms with Crippen LogP contribution in [0.25, 0.3) is 0 Å². The molecule has 1 aromatic rings. The summed E-state index contributed by atoms with van der Waals surface area (Å²) in [5.41, 5.74) is 1.35. The van der Waals surface area contributed by atoms with Crippen molar-refractivity contribution in [1.82, 2.24) is 10.3 Å². The zero-order valence-electron chi connectivity index (χ0n) is 12.9. The summed E-state index contributed by atoms with van der Waals surface area (Å²) in [4.78, 5) is 4.24. The molecule has 0 aliphatic carbocycles. The number of hydrogen-bond acceptors (Lipinski definition) is 2. The van der Waals surface area contributed by atoms with Gasteiger partial charge >= 0.3 is 0 Å². The van der Waals surface area contributed by atoms with Crippen molar-refractivity contribution in [3.05, 3.63) is 30.1 Å². The molecule has 0 amide bonds. The van der Waals surface area contributed by atoms with Crippen LogP contribution in [0.5, 0.6) is 0 Å². The van der Waals surface area contributed by atoms with Gasteiger partial charge in [-0.3, -0.25) is 4.98 Å². The Labute approximate surface area is 119 Å². The predicted octanol–water partition coefficient (Wildman–Crippen LogP) is 4.21. The van der Waals surface area contributed by atoms with E-state index in [4.69, 9.17) is 0 Å². The molecule has 1 heterocycles. The highest BCUT2D eigenvalue weighted by molar-refractivity contribution is 5.10. The van der Waals surface area contributed by atoms with E-state index in [1.54, 1.807) is 0 Å². The lowest BCUT2D eigenvalue weighted by Crippen LogP contribution is -2.38. The van der Waals surface area contributed by atoms with E-state index < -0.39 is 0 Å². The number of nitrogens with one attached hydrogen (secondary N) is 1. The largest absolute Gasteiger partial charge is 0.313 e. The Hall–Kier alpha value is -0.890. The van der Waals surface area contributed by atoms with Crippen LogP contribution < -0.4 is 5.32 Å². The Morgan fingerprint density at radius 1 is 1.21 bits per heavy atom. The van der Waals surface area contributed by atoms with Crippen LogP contribution in [0.15, 0.2) is 24.5 Å². The fourth-order valence-corrected chi connectivity index (χ4v) is 2.66. The molecule has 0 bridgehead atoms. The highest BCUT2D eigenvalue weighted by Crippen LogP contribution is 2.20. The second-order valence-electron chi connectivity index (χ2n) is 5.44. The smallest absolute Gasteiger partial charge is 0.0300 e. The maximum absolute atomic E-state index is 4.24. The van der Waals surface area contributed by atoms with E-state index in [0.29, 0.717) is 6.04 Å². The third-order valence-electron chi connectivity index (χ3n) is 3.86. The van der Waals surface area contributed by atoms with E-state index in [2.05, 4.69) is 37.1 Å². The van der Waals surface area contributed by atoms with Gasteiger partial charge in [-0.15, -0.1) is 0 Å². The first-order chi connectivity index (χ1) is 9.31. The van der Waals surface area contributed by atoms with Crippen molar-refractivity contribution in [3.8, 4) is 0 Å². The molecule has 0 saturated heterocycles. The number of nitrogens with zero attached hydrogens (tertiary/aromatic N) is 1. The van der Waals surface area contributed by atoms with Gasteiger partial charge in [0.25, 0.3) is 0 Å². The molecular formula is C17H30N2. The zero-order chi connectivity index (χ0) is 13.9. The fraction of sp³-hybridized carbons (Fsp3) is 0.706. The number of aromatic nitrogens is 1. The molecule has 1 N–H and O–H groups in total. The standard InChI is InChI=1S/C17H30N2/c1-4-7-10-16(6-3)17(19-11-5-2)13-15-9-8-12-18-14-15/h8-9,12,14,16-17,19H,4-7,10-11,13H2,1-3H3. The lowest BCUT2D eigenvalue weighted by Gasteiger charge is -2.27. The van der Waals surface area contributed by atoms with Gasteiger partial charge in [0.1, 0.15) is 0 Å². The molecule has 0 aliphatic rings. The lowest BCUT2D eigenvalue weighted by molar-refractivity contribution is 0.315. The Kier molecular flexibility index (Phi) is 8.48. The van der Waals surface area contributed by atoms with Crippen molar-refractivity contribution in [2.45, 2.75) is 65.3 Å². The topological polar surface area (TPSA) is 24.9 Å². The maximum atomic E-state index is 4.24. The van der Waals surface area contributed by atoms with Gasteiger partial charge in [0, 0.05) is 18.4 Å². The summed E-state index contributed by atoms with van der Waals surface area (Å²) in [6, 6.07) is 4.83. The van der Waals surface area contributed by atoms with Crippen molar-refractivity contribution < 1.29 is 0 Å². The van der Waals surface area contributed by atoms with Crippen molar-refractivity contribution in [2.24, 2.45) is 5.92 Å². The summed E-state index contributed by atoms with van der Waals surface area (Å²) in [5, 5.41) is 3.75. The lowest BCUT2D eigenvalue weighted by atomic mass is 9.87. The molecule has 0 fully saturated rings. The van der Waals surface area contributed by atoms with Gasteiger partial charge in [0.2, 0.25) is 0 Å². The molecule has 0 aromatic carbocycles. The van der Waals surface area contributed by atoms with E-state index in [0.717, 1.165) is 18.9 Å². The van der Waals surface area contributed by atoms with Crippen molar-refractivity contribution in [2.75, 3.05) is 6.54 Å². The van der Waals surface area contributed by atoms with Gasteiger partial charge in [0.15, 0.2) is 0 Å². The summed E-state index contributed by atoms with van der Waals surface area (Å²) in [6.45, 7) is 7.96. The summed E-state index contributed by atoms with van der Waals surface area (Å²) in [7, 11) is 0. The molecule has 0 radical (unpaired) electrons. The molecule has 0 aliphatic heterocycles. The SMILES string of the molecule is CCCCC(CC)C(Cc1cccnc1)NCCC. The Morgan fingerprint density at radius 3 is 2.63 bits per heavy atom. The minimum atomic E-state index is 0.598. The van der Waals surface area contributed by atoms with E-state index in [-0.39, 0.29) is 0 Å². The normalized spacial score (nSPS) is 14.3. The van der Waals surface area contributed by atoms with Crippen molar-refractivity contribution >= 4 is 0 Å². The molecular weight excluding hydrogens is 232 g/mol. The second-order valence-corrected chi connectivity index (χ2v) is 5.44. The highest BCUT2D eigenvalue weighted by atomic mass is 14.9. The maximum Gasteiger partial charge on any atom is 0.0300 e. The molecule has 1 aromatic heterocycles.